The Kier molecular flexibility index (Phi) is 5.82. The van der Waals surface area contributed by atoms with E-state index in [1.807, 2.05) is 60.7 Å². The van der Waals surface area contributed by atoms with Crippen LogP contribution in [-0.2, 0) is 0 Å². The van der Waals surface area contributed by atoms with Crippen LogP contribution in [0.2, 0.25) is 0 Å². The molecule has 0 spiro atoms. The highest BCUT2D eigenvalue weighted by molar-refractivity contribution is 7.17. The summed E-state index contributed by atoms with van der Waals surface area (Å²) in [7, 11) is 3.32. The molecule has 0 saturated carbocycles. The average molecular weight is 416 g/mol. The maximum absolute atomic E-state index is 11.0. The predicted molar refractivity (Wildman–Crippen MR) is 123 cm³/mol. The van der Waals surface area contributed by atoms with Gasteiger partial charge in [-0.05, 0) is 78.4 Å². The number of thiophene rings is 1. The van der Waals surface area contributed by atoms with E-state index in [-0.39, 0.29) is 0 Å². The third kappa shape index (κ3) is 4.07. The third-order valence-electron chi connectivity index (χ3n) is 4.81. The first-order valence-corrected chi connectivity index (χ1v) is 10.3. The molecule has 0 saturated heterocycles. The fraction of sp³-hybridized carbons (Fsp3) is 0.0800. The molecule has 0 atom stereocenters. The first-order valence-electron chi connectivity index (χ1n) is 9.45. The van der Waals surface area contributed by atoms with Crippen LogP contribution < -0.4 is 14.4 Å². The van der Waals surface area contributed by atoms with Crippen LogP contribution in [0.5, 0.6) is 11.5 Å². The molecule has 1 heterocycles. The Bertz CT molecular complexity index is 1070. The molecular formula is C25H21NO3S. The summed E-state index contributed by atoms with van der Waals surface area (Å²) < 4.78 is 10.6. The number of methoxy groups -OCH3 is 2. The Balaban J connectivity index is 1.73. The SMILES string of the molecule is COc1ccc(N(c2ccc(OC)cc2)c2ccc(-c3ccc(C=O)s3)cc2)cc1. The Morgan fingerprint density at radius 2 is 1.13 bits per heavy atom. The number of hydrogen-bond donors (Lipinski definition) is 0. The highest BCUT2D eigenvalue weighted by Crippen LogP contribution is 2.37. The molecule has 0 N–H and O–H groups in total. The van der Waals surface area contributed by atoms with E-state index in [1.165, 1.54) is 11.3 Å². The van der Waals surface area contributed by atoms with Crippen molar-refractivity contribution in [1.82, 2.24) is 0 Å². The van der Waals surface area contributed by atoms with Gasteiger partial charge in [-0.25, -0.2) is 0 Å². The van der Waals surface area contributed by atoms with Crippen molar-refractivity contribution in [2.24, 2.45) is 0 Å². The molecule has 0 aliphatic carbocycles. The van der Waals surface area contributed by atoms with Gasteiger partial charge in [0.25, 0.3) is 0 Å². The summed E-state index contributed by atoms with van der Waals surface area (Å²) in [6.45, 7) is 0. The number of benzene rings is 3. The highest BCUT2D eigenvalue weighted by atomic mass is 32.1. The molecule has 0 fully saturated rings. The number of carbonyl (C=O) groups excluding carboxylic acids is 1. The van der Waals surface area contributed by atoms with E-state index in [0.717, 1.165) is 50.2 Å². The molecule has 3 aromatic carbocycles. The van der Waals surface area contributed by atoms with Gasteiger partial charge in [0.1, 0.15) is 11.5 Å². The van der Waals surface area contributed by atoms with Crippen molar-refractivity contribution in [3.8, 4) is 21.9 Å². The number of hydrogen-bond acceptors (Lipinski definition) is 5. The summed E-state index contributed by atoms with van der Waals surface area (Å²) in [5.74, 6) is 1.62. The molecule has 0 aliphatic heterocycles. The quantitative estimate of drug-likeness (QED) is 0.314. The Hall–Kier alpha value is -3.57. The van der Waals surface area contributed by atoms with Crippen LogP contribution in [0, 0.1) is 0 Å². The second kappa shape index (κ2) is 8.84. The lowest BCUT2D eigenvalue weighted by atomic mass is 10.1. The van der Waals surface area contributed by atoms with Gasteiger partial charge >= 0.3 is 0 Å². The van der Waals surface area contributed by atoms with E-state index in [1.54, 1.807) is 14.2 Å². The molecule has 0 radical (unpaired) electrons. The highest BCUT2D eigenvalue weighted by Gasteiger charge is 2.13. The topological polar surface area (TPSA) is 38.8 Å². The minimum Gasteiger partial charge on any atom is -0.497 e. The van der Waals surface area contributed by atoms with Crippen LogP contribution in [0.3, 0.4) is 0 Å². The smallest absolute Gasteiger partial charge is 0.160 e. The van der Waals surface area contributed by atoms with Gasteiger partial charge in [-0.1, -0.05) is 12.1 Å². The fourth-order valence-electron chi connectivity index (χ4n) is 3.26. The molecule has 0 bridgehead atoms. The van der Waals surface area contributed by atoms with Gasteiger partial charge in [0, 0.05) is 21.9 Å². The number of ether oxygens (including phenoxy) is 2. The molecule has 150 valence electrons. The van der Waals surface area contributed by atoms with Crippen LogP contribution in [-0.4, -0.2) is 20.5 Å². The molecule has 0 amide bonds. The number of carbonyl (C=O) groups is 1. The summed E-state index contributed by atoms with van der Waals surface area (Å²) in [5, 5.41) is 0. The molecule has 0 aliphatic rings. The van der Waals surface area contributed by atoms with Crippen LogP contribution in [0.25, 0.3) is 10.4 Å². The van der Waals surface area contributed by atoms with Crippen molar-refractivity contribution in [3.63, 3.8) is 0 Å². The third-order valence-corrected chi connectivity index (χ3v) is 5.87. The van der Waals surface area contributed by atoms with Gasteiger partial charge in [0.2, 0.25) is 0 Å². The van der Waals surface area contributed by atoms with Gasteiger partial charge in [-0.3, -0.25) is 4.79 Å². The van der Waals surface area contributed by atoms with Crippen LogP contribution in [0.4, 0.5) is 17.1 Å². The van der Waals surface area contributed by atoms with Crippen LogP contribution >= 0.6 is 11.3 Å². The zero-order valence-corrected chi connectivity index (χ0v) is 17.6. The lowest BCUT2D eigenvalue weighted by molar-refractivity contribution is 0.112. The number of nitrogens with zero attached hydrogens (tertiary/aromatic N) is 1. The maximum atomic E-state index is 11.0. The number of anilines is 3. The monoisotopic (exact) mass is 415 g/mol. The van der Waals surface area contributed by atoms with Crippen molar-refractivity contribution in [2.45, 2.75) is 0 Å². The van der Waals surface area contributed by atoms with Crippen LogP contribution in [0.15, 0.2) is 84.9 Å². The van der Waals surface area contributed by atoms with E-state index in [9.17, 15) is 4.79 Å². The van der Waals surface area contributed by atoms with Gasteiger partial charge in [-0.15, -0.1) is 11.3 Å². The Morgan fingerprint density at radius 1 is 0.667 bits per heavy atom. The lowest BCUT2D eigenvalue weighted by Crippen LogP contribution is -2.09. The zero-order chi connectivity index (χ0) is 20.9. The summed E-state index contributed by atoms with van der Waals surface area (Å²) in [5.41, 5.74) is 4.16. The first kappa shape index (κ1) is 19.7. The Morgan fingerprint density at radius 3 is 1.53 bits per heavy atom. The van der Waals surface area contributed by atoms with E-state index >= 15 is 0 Å². The predicted octanol–water partition coefficient (Wildman–Crippen LogP) is 6.71. The standard InChI is InChI=1S/C25H21NO3S/c1-28-22-11-7-20(8-12-22)26(21-9-13-23(29-2)14-10-21)19-5-3-18(4-6-19)25-16-15-24(17-27)30-25/h3-17H,1-2H3. The molecule has 1 aromatic heterocycles. The summed E-state index contributed by atoms with van der Waals surface area (Å²) >= 11 is 1.49. The van der Waals surface area contributed by atoms with Crippen molar-refractivity contribution in [2.75, 3.05) is 19.1 Å². The first-order chi connectivity index (χ1) is 14.7. The van der Waals surface area contributed by atoms with Gasteiger partial charge in [0.15, 0.2) is 6.29 Å². The second-order valence-corrected chi connectivity index (χ2v) is 7.71. The summed E-state index contributed by atoms with van der Waals surface area (Å²) in [4.78, 5) is 15.0. The molecule has 30 heavy (non-hydrogen) atoms. The number of rotatable bonds is 7. The summed E-state index contributed by atoms with van der Waals surface area (Å²) in [6, 6.07) is 28.1. The fourth-order valence-corrected chi connectivity index (χ4v) is 4.08. The normalized spacial score (nSPS) is 10.5. The maximum Gasteiger partial charge on any atom is 0.160 e. The second-order valence-electron chi connectivity index (χ2n) is 6.60. The average Bonchev–Trinajstić information content (AvgIpc) is 3.30. The molecular weight excluding hydrogens is 394 g/mol. The summed E-state index contributed by atoms with van der Waals surface area (Å²) in [6.07, 6.45) is 0.887. The largest absolute Gasteiger partial charge is 0.497 e. The Labute approximate surface area is 179 Å². The lowest BCUT2D eigenvalue weighted by Gasteiger charge is -2.26. The molecule has 4 nitrogen and oxygen atoms in total. The minimum absolute atomic E-state index is 0.729. The zero-order valence-electron chi connectivity index (χ0n) is 16.7. The molecule has 0 unspecified atom stereocenters. The molecule has 4 rings (SSSR count). The number of aldehydes is 1. The molecule has 4 aromatic rings. The van der Waals surface area contributed by atoms with Gasteiger partial charge in [0.05, 0.1) is 19.1 Å². The van der Waals surface area contributed by atoms with Crippen molar-refractivity contribution >= 4 is 34.7 Å². The van der Waals surface area contributed by atoms with Crippen molar-refractivity contribution < 1.29 is 14.3 Å². The van der Waals surface area contributed by atoms with Gasteiger partial charge in [-0.2, -0.15) is 0 Å². The molecule has 5 heteroatoms. The van der Waals surface area contributed by atoms with E-state index in [2.05, 4.69) is 29.2 Å². The minimum atomic E-state index is 0.729. The van der Waals surface area contributed by atoms with Gasteiger partial charge < -0.3 is 14.4 Å². The van der Waals surface area contributed by atoms with E-state index in [0.29, 0.717) is 0 Å². The van der Waals surface area contributed by atoms with E-state index in [4.69, 9.17) is 9.47 Å². The van der Waals surface area contributed by atoms with Crippen molar-refractivity contribution in [3.05, 3.63) is 89.8 Å². The van der Waals surface area contributed by atoms with E-state index < -0.39 is 0 Å². The van der Waals surface area contributed by atoms with Crippen LogP contribution in [0.1, 0.15) is 9.67 Å². The van der Waals surface area contributed by atoms with Crippen molar-refractivity contribution in [1.29, 1.82) is 0 Å².